The summed E-state index contributed by atoms with van der Waals surface area (Å²) in [5, 5.41) is 4.49. The van der Waals surface area contributed by atoms with Crippen LogP contribution in [-0.4, -0.2) is 45.8 Å². The first-order valence-electron chi connectivity index (χ1n) is 8.54. The maximum atomic E-state index is 6.02. The van der Waals surface area contributed by atoms with Gasteiger partial charge >= 0.3 is 0 Å². The Morgan fingerprint density at radius 1 is 0.920 bits per heavy atom. The van der Waals surface area contributed by atoms with E-state index in [-0.39, 0.29) is 0 Å². The van der Waals surface area contributed by atoms with E-state index in [4.69, 9.17) is 11.6 Å². The third-order valence-corrected chi connectivity index (χ3v) is 5.75. The van der Waals surface area contributed by atoms with Crippen molar-refractivity contribution < 1.29 is 0 Å². The molecule has 1 aliphatic heterocycles. The second-order valence-electron chi connectivity index (χ2n) is 6.39. The molecule has 0 atom stereocenters. The molecule has 1 saturated heterocycles. The van der Waals surface area contributed by atoms with Gasteiger partial charge < -0.3 is 0 Å². The van der Waals surface area contributed by atoms with Crippen LogP contribution in [0.2, 0.25) is 4.34 Å². The molecule has 4 nitrogen and oxygen atoms in total. The number of rotatable bonds is 5. The van der Waals surface area contributed by atoms with Gasteiger partial charge in [0.2, 0.25) is 0 Å². The smallest absolute Gasteiger partial charge is 0.0931 e. The van der Waals surface area contributed by atoms with Crippen LogP contribution in [0.3, 0.4) is 0 Å². The normalized spacial score (nSPS) is 16.4. The van der Waals surface area contributed by atoms with Gasteiger partial charge in [-0.3, -0.25) is 9.80 Å². The van der Waals surface area contributed by atoms with Crippen LogP contribution in [0.25, 0.3) is 5.69 Å². The second kappa shape index (κ2) is 7.70. The monoisotopic (exact) mass is 372 g/mol. The maximum Gasteiger partial charge on any atom is 0.0931 e. The van der Waals surface area contributed by atoms with E-state index in [0.717, 1.165) is 49.3 Å². The first kappa shape index (κ1) is 16.8. The van der Waals surface area contributed by atoms with Crippen LogP contribution in [0.15, 0.2) is 54.9 Å². The van der Waals surface area contributed by atoms with Crippen molar-refractivity contribution in [3.05, 3.63) is 69.6 Å². The molecule has 0 spiro atoms. The van der Waals surface area contributed by atoms with Gasteiger partial charge in [-0.15, -0.1) is 11.3 Å². The van der Waals surface area contributed by atoms with Gasteiger partial charge in [0.25, 0.3) is 0 Å². The molecule has 0 radical (unpaired) electrons. The van der Waals surface area contributed by atoms with Gasteiger partial charge in [0.1, 0.15) is 0 Å². The summed E-state index contributed by atoms with van der Waals surface area (Å²) < 4.78 is 2.83. The van der Waals surface area contributed by atoms with Gasteiger partial charge in [0.05, 0.1) is 16.2 Å². The summed E-state index contributed by atoms with van der Waals surface area (Å²) in [6.45, 7) is 6.36. The highest BCUT2D eigenvalue weighted by Crippen LogP contribution is 2.23. The van der Waals surface area contributed by atoms with Gasteiger partial charge in [-0.2, -0.15) is 5.10 Å². The molecule has 0 N–H and O–H groups in total. The molecule has 4 rings (SSSR count). The van der Waals surface area contributed by atoms with Gasteiger partial charge in [0, 0.05) is 55.9 Å². The molecule has 0 saturated carbocycles. The molecule has 0 unspecified atom stereocenters. The van der Waals surface area contributed by atoms with Crippen LogP contribution in [0, 0.1) is 0 Å². The van der Waals surface area contributed by atoms with E-state index in [1.54, 1.807) is 11.3 Å². The summed E-state index contributed by atoms with van der Waals surface area (Å²) in [6, 6.07) is 14.4. The number of hydrogen-bond donors (Lipinski definition) is 0. The zero-order valence-electron chi connectivity index (χ0n) is 14.0. The Morgan fingerprint density at radius 3 is 2.32 bits per heavy atom. The molecule has 3 aromatic rings. The van der Waals surface area contributed by atoms with Crippen molar-refractivity contribution in [2.24, 2.45) is 0 Å². The average Bonchev–Trinajstić information content (AvgIpc) is 3.27. The number of benzene rings is 1. The zero-order chi connectivity index (χ0) is 17.1. The molecular weight excluding hydrogens is 352 g/mol. The first-order chi connectivity index (χ1) is 12.3. The summed E-state index contributed by atoms with van der Waals surface area (Å²) >= 11 is 7.71. The number of hydrogen-bond acceptors (Lipinski definition) is 4. The van der Waals surface area contributed by atoms with E-state index in [1.165, 1.54) is 10.4 Å². The molecule has 6 heteroatoms. The Labute approximate surface area is 157 Å². The van der Waals surface area contributed by atoms with E-state index in [1.807, 2.05) is 35.1 Å². The standard InChI is InChI=1S/C19H21ClN4S/c20-19-7-6-18(25-19)15-23-10-8-22(9-11-23)13-16-12-21-24(14-16)17-4-2-1-3-5-17/h1-7,12,14H,8-11,13,15H2. The van der Waals surface area contributed by atoms with Crippen LogP contribution < -0.4 is 0 Å². The lowest BCUT2D eigenvalue weighted by Crippen LogP contribution is -2.45. The highest BCUT2D eigenvalue weighted by molar-refractivity contribution is 7.16. The predicted octanol–water partition coefficient (Wildman–Crippen LogP) is 3.91. The fraction of sp³-hybridized carbons (Fsp3) is 0.316. The topological polar surface area (TPSA) is 24.3 Å². The molecule has 0 amide bonds. The minimum Gasteiger partial charge on any atom is -0.296 e. The summed E-state index contributed by atoms with van der Waals surface area (Å²) in [5.74, 6) is 0. The van der Waals surface area contributed by atoms with E-state index >= 15 is 0 Å². The molecule has 1 aliphatic rings. The van der Waals surface area contributed by atoms with Crippen LogP contribution >= 0.6 is 22.9 Å². The van der Waals surface area contributed by atoms with Crippen LogP contribution in [0.5, 0.6) is 0 Å². The lowest BCUT2D eigenvalue weighted by atomic mass is 10.2. The van der Waals surface area contributed by atoms with Crippen molar-refractivity contribution >= 4 is 22.9 Å². The maximum absolute atomic E-state index is 6.02. The van der Waals surface area contributed by atoms with Crippen LogP contribution in [-0.2, 0) is 13.1 Å². The van der Waals surface area contributed by atoms with Crippen molar-refractivity contribution in [1.29, 1.82) is 0 Å². The quantitative estimate of drug-likeness (QED) is 0.678. The second-order valence-corrected chi connectivity index (χ2v) is 8.19. The Balaban J connectivity index is 1.29. The molecule has 0 aliphatic carbocycles. The summed E-state index contributed by atoms with van der Waals surface area (Å²) in [4.78, 5) is 6.36. The Hall–Kier alpha value is -1.66. The lowest BCUT2D eigenvalue weighted by Gasteiger charge is -2.34. The molecule has 3 heterocycles. The number of para-hydroxylation sites is 1. The van der Waals surface area contributed by atoms with Crippen molar-refractivity contribution in [3.8, 4) is 5.69 Å². The van der Waals surface area contributed by atoms with Gasteiger partial charge in [-0.25, -0.2) is 4.68 Å². The average molecular weight is 373 g/mol. The molecule has 25 heavy (non-hydrogen) atoms. The van der Waals surface area contributed by atoms with Crippen molar-refractivity contribution in [1.82, 2.24) is 19.6 Å². The summed E-state index contributed by atoms with van der Waals surface area (Å²) in [5.41, 5.74) is 2.37. The zero-order valence-corrected chi connectivity index (χ0v) is 15.6. The van der Waals surface area contributed by atoms with Crippen molar-refractivity contribution in [2.45, 2.75) is 13.1 Å². The van der Waals surface area contributed by atoms with E-state index < -0.39 is 0 Å². The van der Waals surface area contributed by atoms with E-state index in [2.05, 4.69) is 39.3 Å². The largest absolute Gasteiger partial charge is 0.296 e. The van der Waals surface area contributed by atoms with Crippen molar-refractivity contribution in [3.63, 3.8) is 0 Å². The highest BCUT2D eigenvalue weighted by atomic mass is 35.5. The van der Waals surface area contributed by atoms with Crippen molar-refractivity contribution in [2.75, 3.05) is 26.2 Å². The Kier molecular flexibility index (Phi) is 5.17. The number of halogens is 1. The van der Waals surface area contributed by atoms with Gasteiger partial charge in [-0.1, -0.05) is 29.8 Å². The molecule has 130 valence electrons. The molecule has 1 aromatic carbocycles. The molecule has 2 aromatic heterocycles. The van der Waals surface area contributed by atoms with Crippen LogP contribution in [0.4, 0.5) is 0 Å². The minimum absolute atomic E-state index is 0.879. The SMILES string of the molecule is Clc1ccc(CN2CCN(Cc3cnn(-c4ccccc4)c3)CC2)s1. The number of piperazine rings is 1. The predicted molar refractivity (Wildman–Crippen MR) is 103 cm³/mol. The molecule has 1 fully saturated rings. The van der Waals surface area contributed by atoms with Crippen LogP contribution in [0.1, 0.15) is 10.4 Å². The first-order valence-corrected chi connectivity index (χ1v) is 9.73. The Bertz CT molecular complexity index is 806. The molecule has 0 bridgehead atoms. The minimum atomic E-state index is 0.879. The van der Waals surface area contributed by atoms with E-state index in [0.29, 0.717) is 0 Å². The summed E-state index contributed by atoms with van der Waals surface area (Å²) in [6.07, 6.45) is 4.11. The highest BCUT2D eigenvalue weighted by Gasteiger charge is 2.18. The summed E-state index contributed by atoms with van der Waals surface area (Å²) in [7, 11) is 0. The van der Waals surface area contributed by atoms with Gasteiger partial charge in [-0.05, 0) is 24.3 Å². The lowest BCUT2D eigenvalue weighted by molar-refractivity contribution is 0.123. The van der Waals surface area contributed by atoms with Gasteiger partial charge in [0.15, 0.2) is 0 Å². The Morgan fingerprint density at radius 2 is 1.64 bits per heavy atom. The third-order valence-electron chi connectivity index (χ3n) is 4.54. The fourth-order valence-electron chi connectivity index (χ4n) is 3.18. The van der Waals surface area contributed by atoms with E-state index in [9.17, 15) is 0 Å². The fourth-order valence-corrected chi connectivity index (χ4v) is 4.31. The number of thiophene rings is 1. The molecular formula is C19H21ClN4S. The number of aromatic nitrogens is 2. The number of nitrogens with zero attached hydrogens (tertiary/aromatic N) is 4. The third kappa shape index (κ3) is 4.30.